The molecule has 0 aromatic carbocycles. The van der Waals surface area contributed by atoms with E-state index in [-0.39, 0.29) is 22.7 Å². The van der Waals surface area contributed by atoms with Gasteiger partial charge >= 0.3 is 0 Å². The second kappa shape index (κ2) is 3.38. The molecule has 0 amide bonds. The summed E-state index contributed by atoms with van der Waals surface area (Å²) in [4.78, 5) is 0. The first-order valence-corrected chi connectivity index (χ1v) is 6.95. The van der Waals surface area contributed by atoms with Gasteiger partial charge in [0.15, 0.2) is 0 Å². The summed E-state index contributed by atoms with van der Waals surface area (Å²) in [5, 5.41) is 31.2. The average molecular weight is 252 g/mol. The van der Waals surface area contributed by atoms with Crippen molar-refractivity contribution in [3.8, 4) is 0 Å². The second-order valence-electron chi connectivity index (χ2n) is 7.39. The fourth-order valence-corrected chi connectivity index (χ4v) is 5.21. The number of aliphatic hydroxyl groups excluding tert-OH is 3. The van der Waals surface area contributed by atoms with E-state index >= 15 is 0 Å². The number of hydrogen-bond acceptors (Lipinski definition) is 3. The van der Waals surface area contributed by atoms with Crippen molar-refractivity contribution in [1.82, 2.24) is 0 Å². The quantitative estimate of drug-likeness (QED) is 0.570. The highest BCUT2D eigenvalue weighted by Crippen LogP contribution is 2.71. The Balaban J connectivity index is 2.15. The second-order valence-corrected chi connectivity index (χ2v) is 7.39. The molecule has 0 aliphatic heterocycles. The van der Waals surface area contributed by atoms with Crippen LogP contribution < -0.4 is 0 Å². The normalized spacial score (nSPS) is 57.4. The molecule has 18 heavy (non-hydrogen) atoms. The minimum Gasteiger partial charge on any atom is -0.392 e. The van der Waals surface area contributed by atoms with Crippen molar-refractivity contribution in [2.75, 3.05) is 0 Å². The number of allylic oxidation sites excluding steroid dienone is 1. The minimum absolute atomic E-state index is 0.0772. The van der Waals surface area contributed by atoms with Crippen molar-refractivity contribution in [3.63, 3.8) is 0 Å². The van der Waals surface area contributed by atoms with Crippen molar-refractivity contribution in [2.24, 2.45) is 28.6 Å². The van der Waals surface area contributed by atoms with Crippen LogP contribution >= 0.6 is 0 Å². The standard InChI is InChI=1S/C15H24O3/c1-7-5-8(16)12-13-11(7)15(12,4)10(18)6-9(17)14(13,2)3/h5,8-13,16-18H,6H2,1-4H3/t8-,9-,10-,11+,12-,13+,15-/m1/s1. The zero-order chi connectivity index (χ0) is 13.5. The lowest BCUT2D eigenvalue weighted by Gasteiger charge is -2.68. The minimum atomic E-state index is -0.529. The lowest BCUT2D eigenvalue weighted by molar-refractivity contribution is -0.218. The summed E-state index contributed by atoms with van der Waals surface area (Å²) < 4.78 is 0. The molecule has 3 N–H and O–H groups in total. The molecule has 0 unspecified atom stereocenters. The van der Waals surface area contributed by atoms with Gasteiger partial charge in [0.2, 0.25) is 0 Å². The van der Waals surface area contributed by atoms with Crippen LogP contribution in [0.2, 0.25) is 0 Å². The maximum Gasteiger partial charge on any atom is 0.0761 e. The Kier molecular flexibility index (Phi) is 2.38. The van der Waals surface area contributed by atoms with Gasteiger partial charge in [0, 0.05) is 17.8 Å². The zero-order valence-corrected chi connectivity index (χ0v) is 11.6. The molecule has 0 saturated heterocycles. The van der Waals surface area contributed by atoms with Gasteiger partial charge in [0.1, 0.15) is 0 Å². The van der Waals surface area contributed by atoms with Crippen LogP contribution in [0, 0.1) is 28.6 Å². The molecule has 4 aliphatic carbocycles. The summed E-state index contributed by atoms with van der Waals surface area (Å²) in [5.74, 6) is 0.649. The van der Waals surface area contributed by atoms with E-state index in [1.807, 2.05) is 6.08 Å². The van der Waals surface area contributed by atoms with Crippen molar-refractivity contribution < 1.29 is 15.3 Å². The Labute approximate surface area is 109 Å². The smallest absolute Gasteiger partial charge is 0.0761 e. The maximum atomic E-state index is 10.5. The van der Waals surface area contributed by atoms with Gasteiger partial charge in [-0.2, -0.15) is 0 Å². The number of rotatable bonds is 0. The highest BCUT2D eigenvalue weighted by atomic mass is 16.3. The van der Waals surface area contributed by atoms with Crippen LogP contribution in [0.3, 0.4) is 0 Å². The molecule has 0 heterocycles. The summed E-state index contributed by atoms with van der Waals surface area (Å²) >= 11 is 0. The first kappa shape index (κ1) is 12.6. The van der Waals surface area contributed by atoms with Crippen LogP contribution in [-0.4, -0.2) is 33.6 Å². The van der Waals surface area contributed by atoms with Crippen LogP contribution in [0.15, 0.2) is 11.6 Å². The summed E-state index contributed by atoms with van der Waals surface area (Å²) in [6.45, 7) is 8.28. The number of fused-ring (bicyclic) bond motifs is 1. The third kappa shape index (κ3) is 1.16. The molecule has 4 bridgehead atoms. The van der Waals surface area contributed by atoms with E-state index < -0.39 is 18.3 Å². The highest BCUT2D eigenvalue weighted by molar-refractivity contribution is 5.33. The molecule has 102 valence electrons. The van der Waals surface area contributed by atoms with E-state index in [2.05, 4.69) is 27.7 Å². The summed E-state index contributed by atoms with van der Waals surface area (Å²) in [6, 6.07) is 0. The number of aliphatic hydroxyl groups is 3. The van der Waals surface area contributed by atoms with Crippen LogP contribution in [0.25, 0.3) is 0 Å². The van der Waals surface area contributed by atoms with Gasteiger partial charge in [0.05, 0.1) is 18.3 Å². The maximum absolute atomic E-state index is 10.5. The van der Waals surface area contributed by atoms with Crippen LogP contribution in [0.4, 0.5) is 0 Å². The molecule has 0 aromatic heterocycles. The SMILES string of the molecule is CC1=C[C@@H](O)[C@@H]2[C@@H]3[C@H]1[C@@]2(C)[C@H](O)C[C@@H](O)C3(C)C. The summed E-state index contributed by atoms with van der Waals surface area (Å²) in [5.41, 5.74) is 0.666. The van der Waals surface area contributed by atoms with E-state index in [1.54, 1.807) is 0 Å². The van der Waals surface area contributed by atoms with E-state index in [4.69, 9.17) is 0 Å². The van der Waals surface area contributed by atoms with Crippen LogP contribution in [0.5, 0.6) is 0 Å². The highest BCUT2D eigenvalue weighted by Gasteiger charge is 2.72. The largest absolute Gasteiger partial charge is 0.392 e. The molecule has 3 heteroatoms. The van der Waals surface area contributed by atoms with Gasteiger partial charge in [-0.25, -0.2) is 0 Å². The summed E-state index contributed by atoms with van der Waals surface area (Å²) in [7, 11) is 0. The predicted octanol–water partition coefficient (Wildman–Crippen LogP) is 1.33. The molecular formula is C15H24O3. The Morgan fingerprint density at radius 1 is 1.06 bits per heavy atom. The topological polar surface area (TPSA) is 60.7 Å². The molecule has 3 nitrogen and oxygen atoms in total. The van der Waals surface area contributed by atoms with Gasteiger partial charge in [0.25, 0.3) is 0 Å². The van der Waals surface area contributed by atoms with Crippen molar-refractivity contribution in [2.45, 2.75) is 52.4 Å². The Morgan fingerprint density at radius 2 is 1.67 bits per heavy atom. The first-order valence-electron chi connectivity index (χ1n) is 6.95. The van der Waals surface area contributed by atoms with Crippen LogP contribution in [-0.2, 0) is 0 Å². The molecule has 7 atom stereocenters. The molecular weight excluding hydrogens is 228 g/mol. The monoisotopic (exact) mass is 252 g/mol. The fourth-order valence-electron chi connectivity index (χ4n) is 5.21. The first-order chi connectivity index (χ1) is 8.22. The molecule has 0 spiro atoms. The van der Waals surface area contributed by atoms with E-state index in [9.17, 15) is 15.3 Å². The van der Waals surface area contributed by atoms with E-state index in [1.165, 1.54) is 5.57 Å². The Morgan fingerprint density at radius 3 is 2.22 bits per heavy atom. The molecule has 4 aliphatic rings. The van der Waals surface area contributed by atoms with Crippen molar-refractivity contribution in [3.05, 3.63) is 11.6 Å². The van der Waals surface area contributed by atoms with Gasteiger partial charge in [-0.15, -0.1) is 0 Å². The lowest BCUT2D eigenvalue weighted by Crippen LogP contribution is -2.68. The van der Waals surface area contributed by atoms with Crippen molar-refractivity contribution in [1.29, 1.82) is 0 Å². The van der Waals surface area contributed by atoms with Gasteiger partial charge in [-0.1, -0.05) is 32.4 Å². The third-order valence-electron chi connectivity index (χ3n) is 6.31. The predicted molar refractivity (Wildman–Crippen MR) is 68.8 cm³/mol. The van der Waals surface area contributed by atoms with E-state index in [0.717, 1.165) is 0 Å². The fraction of sp³-hybridized carbons (Fsp3) is 0.867. The Hall–Kier alpha value is -0.380. The van der Waals surface area contributed by atoms with Gasteiger partial charge in [-0.3, -0.25) is 0 Å². The molecule has 2 fully saturated rings. The molecule has 2 saturated carbocycles. The molecule has 4 rings (SSSR count). The third-order valence-corrected chi connectivity index (χ3v) is 6.31. The van der Waals surface area contributed by atoms with Crippen LogP contribution in [0.1, 0.15) is 34.1 Å². The summed E-state index contributed by atoms with van der Waals surface area (Å²) in [6.07, 6.45) is 0.856. The molecule has 0 radical (unpaired) electrons. The Bertz CT molecular complexity index is 414. The van der Waals surface area contributed by atoms with Gasteiger partial charge < -0.3 is 15.3 Å². The van der Waals surface area contributed by atoms with Gasteiger partial charge in [-0.05, 0) is 24.2 Å². The average Bonchev–Trinajstić information content (AvgIpc) is 2.31. The lowest BCUT2D eigenvalue weighted by atomic mass is 9.37. The molecule has 0 aromatic rings. The zero-order valence-electron chi connectivity index (χ0n) is 11.6. The number of hydrogen-bond donors (Lipinski definition) is 3. The van der Waals surface area contributed by atoms with E-state index in [0.29, 0.717) is 12.3 Å². The van der Waals surface area contributed by atoms with Crippen molar-refractivity contribution >= 4 is 0 Å².